The van der Waals surface area contributed by atoms with Gasteiger partial charge in [0.05, 0.1) is 37.0 Å². The first-order valence-electron chi connectivity index (χ1n) is 12.1. The Hall–Kier alpha value is -4.46. The number of hydrogen-bond acceptors (Lipinski definition) is 6. The van der Waals surface area contributed by atoms with Crippen LogP contribution in [0.15, 0.2) is 66.7 Å². The van der Waals surface area contributed by atoms with E-state index in [0.717, 1.165) is 11.1 Å². The molecule has 0 spiro atoms. The topological polar surface area (TPSA) is 93.2 Å². The van der Waals surface area contributed by atoms with Crippen molar-refractivity contribution in [3.63, 3.8) is 0 Å². The van der Waals surface area contributed by atoms with E-state index in [1.807, 2.05) is 31.2 Å². The summed E-state index contributed by atoms with van der Waals surface area (Å²) in [6.07, 6.45) is 0.341. The Kier molecular flexibility index (Phi) is 6.48. The highest BCUT2D eigenvalue weighted by atomic mass is 16.5. The van der Waals surface area contributed by atoms with Gasteiger partial charge in [-0.15, -0.1) is 0 Å². The van der Waals surface area contributed by atoms with Crippen molar-refractivity contribution in [3.8, 4) is 5.75 Å². The quantitative estimate of drug-likeness (QED) is 0.381. The van der Waals surface area contributed by atoms with E-state index < -0.39 is 17.9 Å². The van der Waals surface area contributed by atoms with Gasteiger partial charge in [-0.3, -0.25) is 19.3 Å². The van der Waals surface area contributed by atoms with E-state index >= 15 is 0 Å². The zero-order valence-electron chi connectivity index (χ0n) is 20.6. The van der Waals surface area contributed by atoms with E-state index in [-0.39, 0.29) is 30.5 Å². The van der Waals surface area contributed by atoms with Crippen LogP contribution in [0.3, 0.4) is 0 Å². The van der Waals surface area contributed by atoms with E-state index in [1.165, 1.54) is 16.9 Å². The number of rotatable bonds is 6. The molecule has 3 aromatic rings. The van der Waals surface area contributed by atoms with Gasteiger partial charge in [-0.2, -0.15) is 0 Å². The van der Waals surface area contributed by atoms with Gasteiger partial charge in [0.2, 0.25) is 0 Å². The van der Waals surface area contributed by atoms with Gasteiger partial charge in [-0.05, 0) is 47.9 Å². The lowest BCUT2D eigenvalue weighted by Gasteiger charge is -2.35. The highest BCUT2D eigenvalue weighted by Crippen LogP contribution is 2.31. The van der Waals surface area contributed by atoms with Crippen LogP contribution in [0.4, 0.5) is 0 Å². The van der Waals surface area contributed by atoms with Crippen molar-refractivity contribution < 1.29 is 28.7 Å². The molecule has 3 amide bonds. The fourth-order valence-corrected chi connectivity index (χ4v) is 4.93. The molecule has 0 aromatic heterocycles. The molecule has 0 saturated carbocycles. The first kappa shape index (κ1) is 24.2. The molecule has 0 N–H and O–H groups in total. The molecule has 0 aliphatic carbocycles. The number of nitrogens with zero attached hydrogens (tertiary/aromatic N) is 2. The maximum absolute atomic E-state index is 13.9. The van der Waals surface area contributed by atoms with Crippen molar-refractivity contribution >= 4 is 23.7 Å². The Labute approximate surface area is 214 Å². The molecule has 5 rings (SSSR count). The summed E-state index contributed by atoms with van der Waals surface area (Å²) in [6.45, 7) is 2.39. The summed E-state index contributed by atoms with van der Waals surface area (Å²) in [4.78, 5) is 55.0. The Morgan fingerprint density at radius 2 is 1.57 bits per heavy atom. The lowest BCUT2D eigenvalue weighted by atomic mass is 9.93. The second-order valence-electron chi connectivity index (χ2n) is 8.95. The average molecular weight is 499 g/mol. The number of amides is 3. The van der Waals surface area contributed by atoms with Crippen LogP contribution in [-0.4, -0.2) is 53.2 Å². The van der Waals surface area contributed by atoms with Gasteiger partial charge in [0, 0.05) is 13.0 Å². The van der Waals surface area contributed by atoms with Gasteiger partial charge in [-0.25, -0.2) is 4.79 Å². The average Bonchev–Trinajstić information content (AvgIpc) is 3.17. The molecule has 188 valence electrons. The summed E-state index contributed by atoms with van der Waals surface area (Å²) >= 11 is 0. The second-order valence-corrected chi connectivity index (χ2v) is 8.95. The van der Waals surface area contributed by atoms with Crippen molar-refractivity contribution in [2.24, 2.45) is 0 Å². The minimum Gasteiger partial charge on any atom is -0.493 e. The van der Waals surface area contributed by atoms with Crippen LogP contribution in [0.5, 0.6) is 5.75 Å². The van der Waals surface area contributed by atoms with Crippen LogP contribution in [-0.2, 0) is 29.0 Å². The third-order valence-corrected chi connectivity index (χ3v) is 6.78. The van der Waals surface area contributed by atoms with Gasteiger partial charge >= 0.3 is 5.97 Å². The number of fused-ring (bicyclic) bond motifs is 2. The number of carbonyl (C=O) groups is 4. The Bertz CT molecular complexity index is 1380. The minimum absolute atomic E-state index is 0.00228. The van der Waals surface area contributed by atoms with Gasteiger partial charge < -0.3 is 14.4 Å². The predicted molar refractivity (Wildman–Crippen MR) is 134 cm³/mol. The minimum atomic E-state index is -0.790. The standard InChI is InChI=1S/C29H26N2O6/c1-3-37-25-13-12-18(16-31-26(32)21-10-6-7-11-22(21)27(31)33)14-23(25)28(34)30-17-20-9-5-4-8-19(20)15-24(30)29(35)36-2/h4-14,24H,3,15-17H2,1-2H3/t24-/m1/s1. The molecule has 8 heteroatoms. The van der Waals surface area contributed by atoms with E-state index in [1.54, 1.807) is 42.5 Å². The zero-order valence-corrected chi connectivity index (χ0v) is 20.6. The molecule has 0 saturated heterocycles. The zero-order chi connectivity index (χ0) is 26.1. The van der Waals surface area contributed by atoms with Gasteiger partial charge in [0.1, 0.15) is 11.8 Å². The third kappa shape index (κ3) is 4.35. The molecule has 37 heavy (non-hydrogen) atoms. The Morgan fingerprint density at radius 1 is 0.919 bits per heavy atom. The van der Waals surface area contributed by atoms with Crippen molar-refractivity contribution in [1.82, 2.24) is 9.80 Å². The number of esters is 1. The molecule has 0 unspecified atom stereocenters. The molecular weight excluding hydrogens is 472 g/mol. The van der Waals surface area contributed by atoms with Crippen LogP contribution in [0.2, 0.25) is 0 Å². The third-order valence-electron chi connectivity index (χ3n) is 6.78. The van der Waals surface area contributed by atoms with Gasteiger partial charge in [0.15, 0.2) is 0 Å². The van der Waals surface area contributed by atoms with Crippen molar-refractivity contribution in [1.29, 1.82) is 0 Å². The molecule has 0 bridgehead atoms. The molecule has 1 atom stereocenters. The maximum atomic E-state index is 13.9. The Morgan fingerprint density at radius 3 is 2.22 bits per heavy atom. The number of ether oxygens (including phenoxy) is 2. The van der Waals surface area contributed by atoms with Crippen LogP contribution in [0.25, 0.3) is 0 Å². The molecule has 8 nitrogen and oxygen atoms in total. The Balaban J connectivity index is 1.48. The normalized spacial score (nSPS) is 16.3. The molecular formula is C29H26N2O6. The lowest BCUT2D eigenvalue weighted by molar-refractivity contribution is -0.146. The summed E-state index contributed by atoms with van der Waals surface area (Å²) in [6, 6.07) is 18.6. The molecule has 3 aromatic carbocycles. The van der Waals surface area contributed by atoms with Crippen molar-refractivity contribution in [3.05, 3.63) is 100 Å². The molecule has 2 aliphatic heterocycles. The number of carbonyl (C=O) groups excluding carboxylic acids is 4. The number of benzene rings is 3. The molecule has 0 fully saturated rings. The number of hydrogen-bond donors (Lipinski definition) is 0. The van der Waals surface area contributed by atoms with Gasteiger partial charge in [0.25, 0.3) is 17.7 Å². The lowest BCUT2D eigenvalue weighted by Crippen LogP contribution is -2.49. The predicted octanol–water partition coefficient (Wildman–Crippen LogP) is 3.62. The molecule has 0 radical (unpaired) electrons. The van der Waals surface area contributed by atoms with Crippen LogP contribution in [0, 0.1) is 0 Å². The summed E-state index contributed by atoms with van der Waals surface area (Å²) in [5, 5.41) is 0. The van der Waals surface area contributed by atoms with E-state index in [9.17, 15) is 19.2 Å². The van der Waals surface area contributed by atoms with Gasteiger partial charge in [-0.1, -0.05) is 42.5 Å². The number of methoxy groups -OCH3 is 1. The van der Waals surface area contributed by atoms with Crippen LogP contribution in [0.1, 0.15) is 54.7 Å². The van der Waals surface area contributed by atoms with E-state index in [2.05, 4.69) is 0 Å². The monoisotopic (exact) mass is 498 g/mol. The SMILES string of the molecule is CCOc1ccc(CN2C(=O)c3ccccc3C2=O)cc1C(=O)N1Cc2ccccc2C[C@@H]1C(=O)OC. The second kappa shape index (κ2) is 9.89. The molecule has 2 heterocycles. The van der Waals surface area contributed by atoms with Crippen molar-refractivity contribution in [2.45, 2.75) is 32.5 Å². The summed E-state index contributed by atoms with van der Waals surface area (Å²) in [5.41, 5.74) is 3.52. The fourth-order valence-electron chi connectivity index (χ4n) is 4.93. The first-order valence-corrected chi connectivity index (χ1v) is 12.1. The number of imide groups is 1. The first-order chi connectivity index (χ1) is 17.9. The van der Waals surface area contributed by atoms with Crippen molar-refractivity contribution in [2.75, 3.05) is 13.7 Å². The van der Waals surface area contributed by atoms with E-state index in [4.69, 9.17) is 9.47 Å². The van der Waals surface area contributed by atoms with Crippen LogP contribution < -0.4 is 4.74 Å². The smallest absolute Gasteiger partial charge is 0.328 e. The summed E-state index contributed by atoms with van der Waals surface area (Å²) < 4.78 is 10.8. The largest absolute Gasteiger partial charge is 0.493 e. The van der Waals surface area contributed by atoms with Crippen LogP contribution >= 0.6 is 0 Å². The molecule has 2 aliphatic rings. The maximum Gasteiger partial charge on any atom is 0.328 e. The summed E-state index contributed by atoms with van der Waals surface area (Å²) in [5.74, 6) is -1.27. The summed E-state index contributed by atoms with van der Waals surface area (Å²) in [7, 11) is 1.31. The fraction of sp³-hybridized carbons (Fsp3) is 0.241. The highest BCUT2D eigenvalue weighted by molar-refractivity contribution is 6.21. The van der Waals surface area contributed by atoms with E-state index in [0.29, 0.717) is 35.5 Å². The highest BCUT2D eigenvalue weighted by Gasteiger charge is 2.38.